The van der Waals surface area contributed by atoms with Gasteiger partial charge in [-0.3, -0.25) is 0 Å². The quantitative estimate of drug-likeness (QED) is 0.762. The fraction of sp³-hybridized carbons (Fsp3) is 0.467. The first-order chi connectivity index (χ1) is 10.2. The molecule has 1 aromatic heterocycles. The van der Waals surface area contributed by atoms with Crippen molar-refractivity contribution in [1.82, 2.24) is 20.1 Å². The number of benzene rings is 1. The van der Waals surface area contributed by atoms with Crippen molar-refractivity contribution in [3.63, 3.8) is 0 Å². The van der Waals surface area contributed by atoms with E-state index in [1.165, 1.54) is 0 Å². The van der Waals surface area contributed by atoms with Crippen LogP contribution < -0.4 is 10.1 Å². The van der Waals surface area contributed by atoms with Gasteiger partial charge in [0.05, 0.1) is 0 Å². The third-order valence-electron chi connectivity index (χ3n) is 3.12. The molecule has 1 heterocycles. The predicted molar refractivity (Wildman–Crippen MR) is 83.5 cm³/mol. The number of hydrogen-bond acceptors (Lipinski definition) is 4. The maximum absolute atomic E-state index is 6.07. The van der Waals surface area contributed by atoms with Gasteiger partial charge in [0.25, 0.3) is 0 Å². The highest BCUT2D eigenvalue weighted by Gasteiger charge is 2.08. The second kappa shape index (κ2) is 8.00. The molecule has 0 radical (unpaired) electrons. The van der Waals surface area contributed by atoms with Gasteiger partial charge in [0, 0.05) is 23.7 Å². The van der Waals surface area contributed by atoms with Crippen LogP contribution in [0.1, 0.15) is 31.7 Å². The van der Waals surface area contributed by atoms with Gasteiger partial charge >= 0.3 is 0 Å². The molecule has 2 aromatic rings. The third kappa shape index (κ3) is 4.44. The molecular formula is C15H21ClN4O. The number of rotatable bonds is 8. The van der Waals surface area contributed by atoms with Crippen molar-refractivity contribution in [1.29, 1.82) is 0 Å². The number of aryl methyl sites for hydroxylation is 1. The van der Waals surface area contributed by atoms with Gasteiger partial charge in [-0.15, -0.1) is 0 Å². The first-order valence-corrected chi connectivity index (χ1v) is 7.61. The fourth-order valence-electron chi connectivity index (χ4n) is 2.03. The Morgan fingerprint density at radius 3 is 2.95 bits per heavy atom. The summed E-state index contributed by atoms with van der Waals surface area (Å²) in [5.74, 6) is 1.65. The Balaban J connectivity index is 2.04. The Hall–Kier alpha value is -1.59. The molecule has 2 rings (SSSR count). The molecule has 21 heavy (non-hydrogen) atoms. The third-order valence-corrected chi connectivity index (χ3v) is 3.35. The first-order valence-electron chi connectivity index (χ1n) is 7.23. The minimum Gasteiger partial charge on any atom is -0.485 e. The predicted octanol–water partition coefficient (Wildman–Crippen LogP) is 3.03. The van der Waals surface area contributed by atoms with E-state index in [2.05, 4.69) is 22.3 Å². The normalized spacial score (nSPS) is 10.8. The molecule has 114 valence electrons. The summed E-state index contributed by atoms with van der Waals surface area (Å²) in [4.78, 5) is 4.21. The van der Waals surface area contributed by atoms with Crippen molar-refractivity contribution in [2.75, 3.05) is 6.54 Å². The molecule has 0 atom stereocenters. The Labute approximate surface area is 130 Å². The van der Waals surface area contributed by atoms with E-state index in [1.807, 2.05) is 29.8 Å². The number of nitrogens with zero attached hydrogens (tertiary/aromatic N) is 3. The monoisotopic (exact) mass is 308 g/mol. The fourth-order valence-corrected chi connectivity index (χ4v) is 2.23. The van der Waals surface area contributed by atoms with Crippen LogP contribution in [0.25, 0.3) is 0 Å². The Morgan fingerprint density at radius 1 is 1.33 bits per heavy atom. The van der Waals surface area contributed by atoms with Crippen molar-refractivity contribution in [2.24, 2.45) is 0 Å². The Bertz CT molecular complexity index is 571. The summed E-state index contributed by atoms with van der Waals surface area (Å²) in [7, 11) is 0. The van der Waals surface area contributed by atoms with Gasteiger partial charge in [-0.1, -0.05) is 18.5 Å². The minimum atomic E-state index is 0.399. The van der Waals surface area contributed by atoms with E-state index >= 15 is 0 Å². The van der Waals surface area contributed by atoms with Crippen LogP contribution >= 0.6 is 11.6 Å². The summed E-state index contributed by atoms with van der Waals surface area (Å²) in [5.41, 5.74) is 1.05. The zero-order valence-corrected chi connectivity index (χ0v) is 13.2. The molecule has 0 spiro atoms. The summed E-state index contributed by atoms with van der Waals surface area (Å²) in [5, 5.41) is 8.21. The van der Waals surface area contributed by atoms with Gasteiger partial charge in [0.15, 0.2) is 5.82 Å². The average molecular weight is 309 g/mol. The average Bonchev–Trinajstić information content (AvgIpc) is 2.94. The highest BCUT2D eigenvalue weighted by molar-refractivity contribution is 6.30. The van der Waals surface area contributed by atoms with E-state index in [0.717, 1.165) is 43.2 Å². The second-order valence-corrected chi connectivity index (χ2v) is 5.15. The first kappa shape index (κ1) is 15.8. The summed E-state index contributed by atoms with van der Waals surface area (Å²) in [6, 6.07) is 5.67. The molecule has 0 aliphatic rings. The van der Waals surface area contributed by atoms with Crippen LogP contribution in [-0.4, -0.2) is 21.3 Å². The van der Waals surface area contributed by atoms with Crippen molar-refractivity contribution >= 4 is 11.6 Å². The van der Waals surface area contributed by atoms with Gasteiger partial charge in [-0.2, -0.15) is 5.10 Å². The van der Waals surface area contributed by atoms with E-state index in [0.29, 0.717) is 11.6 Å². The Kier molecular flexibility index (Phi) is 6.02. The van der Waals surface area contributed by atoms with Gasteiger partial charge in [0.1, 0.15) is 18.7 Å². The van der Waals surface area contributed by atoms with E-state index in [1.54, 1.807) is 6.33 Å². The van der Waals surface area contributed by atoms with E-state index < -0.39 is 0 Å². The molecule has 0 amide bonds. The summed E-state index contributed by atoms with van der Waals surface area (Å²) in [6.45, 7) is 7.06. The van der Waals surface area contributed by atoms with Crippen LogP contribution in [0, 0.1) is 0 Å². The highest BCUT2D eigenvalue weighted by atomic mass is 35.5. The smallest absolute Gasteiger partial charge is 0.164 e. The Morgan fingerprint density at radius 2 is 2.19 bits per heavy atom. The van der Waals surface area contributed by atoms with Crippen LogP contribution in [-0.2, 0) is 19.7 Å². The van der Waals surface area contributed by atoms with Crippen LogP contribution in [0.2, 0.25) is 5.02 Å². The zero-order chi connectivity index (χ0) is 15.1. The largest absolute Gasteiger partial charge is 0.485 e. The van der Waals surface area contributed by atoms with Crippen LogP contribution in [0.15, 0.2) is 24.5 Å². The van der Waals surface area contributed by atoms with E-state index in [-0.39, 0.29) is 0 Å². The van der Waals surface area contributed by atoms with Gasteiger partial charge in [-0.05, 0) is 38.1 Å². The van der Waals surface area contributed by atoms with Crippen LogP contribution in [0.4, 0.5) is 0 Å². The van der Waals surface area contributed by atoms with E-state index in [4.69, 9.17) is 16.3 Å². The molecule has 1 aromatic carbocycles. The highest BCUT2D eigenvalue weighted by Crippen LogP contribution is 2.23. The molecule has 5 nitrogen and oxygen atoms in total. The molecule has 0 aliphatic carbocycles. The van der Waals surface area contributed by atoms with E-state index in [9.17, 15) is 0 Å². The molecule has 0 aliphatic heterocycles. The maximum Gasteiger partial charge on any atom is 0.164 e. The lowest BCUT2D eigenvalue weighted by Gasteiger charge is -2.12. The summed E-state index contributed by atoms with van der Waals surface area (Å²) < 4.78 is 7.71. The molecule has 0 saturated carbocycles. The lowest BCUT2D eigenvalue weighted by atomic mass is 10.2. The lowest BCUT2D eigenvalue weighted by Crippen LogP contribution is -2.15. The SMILES string of the molecule is CCCNCc1cc(Cl)ccc1OCc1ncnn1CC. The maximum atomic E-state index is 6.07. The number of hydrogen-bond donors (Lipinski definition) is 1. The zero-order valence-electron chi connectivity index (χ0n) is 12.5. The molecule has 0 bridgehead atoms. The van der Waals surface area contributed by atoms with Gasteiger partial charge < -0.3 is 10.1 Å². The molecule has 0 unspecified atom stereocenters. The summed E-state index contributed by atoms with van der Waals surface area (Å²) >= 11 is 6.07. The number of aromatic nitrogens is 3. The van der Waals surface area contributed by atoms with Gasteiger partial charge in [0.2, 0.25) is 0 Å². The topological polar surface area (TPSA) is 52.0 Å². The van der Waals surface area contributed by atoms with Crippen molar-refractivity contribution in [3.05, 3.63) is 40.9 Å². The lowest BCUT2D eigenvalue weighted by molar-refractivity contribution is 0.284. The molecular weight excluding hydrogens is 288 g/mol. The van der Waals surface area contributed by atoms with Crippen LogP contribution in [0.3, 0.4) is 0 Å². The van der Waals surface area contributed by atoms with Crippen LogP contribution in [0.5, 0.6) is 5.75 Å². The molecule has 0 fully saturated rings. The summed E-state index contributed by atoms with van der Waals surface area (Å²) in [6.07, 6.45) is 2.64. The minimum absolute atomic E-state index is 0.399. The molecule has 1 N–H and O–H groups in total. The number of ether oxygens (including phenoxy) is 1. The standard InChI is InChI=1S/C15H21ClN4O/c1-3-7-17-9-12-8-13(16)5-6-14(12)21-10-15-18-11-19-20(15)4-2/h5-6,8,11,17H,3-4,7,9-10H2,1-2H3. The molecule has 6 heteroatoms. The molecule has 0 saturated heterocycles. The van der Waals surface area contributed by atoms with Crippen molar-refractivity contribution in [3.8, 4) is 5.75 Å². The number of halogens is 1. The van der Waals surface area contributed by atoms with Crippen molar-refractivity contribution in [2.45, 2.75) is 40.0 Å². The van der Waals surface area contributed by atoms with Gasteiger partial charge in [-0.25, -0.2) is 9.67 Å². The number of nitrogens with one attached hydrogen (secondary N) is 1. The van der Waals surface area contributed by atoms with Crippen molar-refractivity contribution < 1.29 is 4.74 Å². The second-order valence-electron chi connectivity index (χ2n) is 4.71.